The van der Waals surface area contributed by atoms with E-state index < -0.39 is 10.1 Å². The van der Waals surface area contributed by atoms with E-state index in [0.717, 1.165) is 19.3 Å². The summed E-state index contributed by atoms with van der Waals surface area (Å²) in [6.45, 7) is 6.28. The Labute approximate surface area is 117 Å². The normalized spacial score (nSPS) is 14.1. The highest BCUT2D eigenvalue weighted by molar-refractivity contribution is 7.85. The van der Waals surface area contributed by atoms with Crippen LogP contribution < -0.4 is 0 Å². The molecule has 0 aliphatic carbocycles. The molecule has 0 aliphatic heterocycles. The van der Waals surface area contributed by atoms with Crippen molar-refractivity contribution >= 4 is 10.1 Å². The third-order valence-corrected chi connectivity index (χ3v) is 3.27. The molecule has 0 aromatic rings. The topological polar surface area (TPSA) is 57.2 Å². The van der Waals surface area contributed by atoms with E-state index in [1.165, 1.54) is 0 Å². The quantitative estimate of drug-likeness (QED) is 0.483. The van der Waals surface area contributed by atoms with Gasteiger partial charge in [0.1, 0.15) is 35.3 Å². The predicted octanol–water partition coefficient (Wildman–Crippen LogP) is 3.12. The number of allylic oxidation sites excluding steroid dienone is 3. The summed E-state index contributed by atoms with van der Waals surface area (Å²) in [6.07, 6.45) is 14.3. The largest absolute Gasteiger partial charge is 0.748 e. The summed E-state index contributed by atoms with van der Waals surface area (Å²) in [5.41, 5.74) is 0. The van der Waals surface area contributed by atoms with Crippen LogP contribution in [0.15, 0.2) is 36.8 Å². The lowest BCUT2D eigenvalue weighted by Crippen LogP contribution is -2.35. The Hall–Kier alpha value is -0.910. The van der Waals surface area contributed by atoms with Crippen LogP contribution in [0.2, 0.25) is 0 Å². The molecule has 0 saturated heterocycles. The van der Waals surface area contributed by atoms with Crippen molar-refractivity contribution in [3.8, 4) is 0 Å². The second-order valence-corrected chi connectivity index (χ2v) is 5.88. The summed E-state index contributed by atoms with van der Waals surface area (Å²) < 4.78 is 32.9. The number of rotatable bonds is 9. The zero-order valence-corrected chi connectivity index (χ0v) is 12.9. The standard InChI is InChI=1S/C14H25NO3S/c1-4-7-10-15(11-8-5-2,12-9-6-3)13-14-19(16,17)18/h7-12H,4-6,13-14H2,1-3H3/b10-7+,11-8+,12-9+. The molecule has 0 amide bonds. The summed E-state index contributed by atoms with van der Waals surface area (Å²) in [6, 6.07) is 0. The van der Waals surface area contributed by atoms with Crippen LogP contribution in [0.3, 0.4) is 0 Å². The monoisotopic (exact) mass is 287 g/mol. The van der Waals surface area contributed by atoms with E-state index in [2.05, 4.69) is 0 Å². The van der Waals surface area contributed by atoms with Crippen molar-refractivity contribution in [2.45, 2.75) is 40.0 Å². The van der Waals surface area contributed by atoms with Crippen LogP contribution in [0.25, 0.3) is 0 Å². The Balaban J connectivity index is 5.27. The van der Waals surface area contributed by atoms with Crippen LogP contribution in [-0.2, 0) is 10.1 Å². The van der Waals surface area contributed by atoms with Crippen molar-refractivity contribution in [3.05, 3.63) is 36.8 Å². The maximum Gasteiger partial charge on any atom is 0.104 e. The van der Waals surface area contributed by atoms with Crippen molar-refractivity contribution in [3.63, 3.8) is 0 Å². The van der Waals surface area contributed by atoms with Crippen molar-refractivity contribution in [1.29, 1.82) is 0 Å². The van der Waals surface area contributed by atoms with Gasteiger partial charge in [-0.15, -0.1) is 0 Å². The molecule has 0 spiro atoms. The molecule has 0 radical (unpaired) electrons. The predicted molar refractivity (Wildman–Crippen MR) is 78.0 cm³/mol. The Morgan fingerprint density at radius 1 is 0.895 bits per heavy atom. The van der Waals surface area contributed by atoms with Crippen LogP contribution in [-0.4, -0.2) is 29.8 Å². The SMILES string of the molecule is CC/C=C/[N+](/C=C/CC)(/C=C/CC)CCS(=O)(=O)[O-]. The molecule has 0 heterocycles. The first kappa shape index (κ1) is 18.1. The molecule has 0 aromatic heterocycles. The molecule has 0 fully saturated rings. The summed E-state index contributed by atoms with van der Waals surface area (Å²) in [5.74, 6) is -0.372. The molecular weight excluding hydrogens is 262 g/mol. The molecule has 0 N–H and O–H groups in total. The van der Waals surface area contributed by atoms with E-state index in [1.54, 1.807) is 0 Å². The van der Waals surface area contributed by atoms with Gasteiger partial charge in [-0.25, -0.2) is 12.9 Å². The number of hydrogen-bond donors (Lipinski definition) is 0. The van der Waals surface area contributed by atoms with Gasteiger partial charge in [-0.05, 0) is 37.5 Å². The first-order valence-corrected chi connectivity index (χ1v) is 8.30. The summed E-state index contributed by atoms with van der Waals surface area (Å²) in [5, 5.41) is 0. The van der Waals surface area contributed by atoms with Crippen LogP contribution in [0.4, 0.5) is 0 Å². The lowest BCUT2D eigenvalue weighted by Gasteiger charge is -2.27. The van der Waals surface area contributed by atoms with E-state index in [1.807, 2.05) is 57.6 Å². The highest BCUT2D eigenvalue weighted by Crippen LogP contribution is 2.14. The summed E-state index contributed by atoms with van der Waals surface area (Å²) in [4.78, 5) is 0. The molecule has 0 aliphatic rings. The van der Waals surface area contributed by atoms with Gasteiger partial charge in [-0.2, -0.15) is 0 Å². The van der Waals surface area contributed by atoms with E-state index in [4.69, 9.17) is 0 Å². The zero-order chi connectivity index (χ0) is 14.8. The maximum absolute atomic E-state index is 10.9. The van der Waals surface area contributed by atoms with E-state index >= 15 is 0 Å². The molecule has 4 nitrogen and oxygen atoms in total. The van der Waals surface area contributed by atoms with Gasteiger partial charge in [-0.3, -0.25) is 0 Å². The third kappa shape index (κ3) is 8.75. The summed E-state index contributed by atoms with van der Waals surface area (Å²) in [7, 11) is -4.20. The van der Waals surface area contributed by atoms with Crippen molar-refractivity contribution in [1.82, 2.24) is 0 Å². The van der Waals surface area contributed by atoms with Gasteiger partial charge in [0.25, 0.3) is 0 Å². The fraction of sp³-hybridized carbons (Fsp3) is 0.571. The smallest absolute Gasteiger partial charge is 0.104 e. The van der Waals surface area contributed by atoms with Gasteiger partial charge in [0.05, 0.1) is 5.75 Å². The number of hydrogen-bond acceptors (Lipinski definition) is 3. The Kier molecular flexibility index (Phi) is 8.63. The lowest BCUT2D eigenvalue weighted by atomic mass is 10.3. The van der Waals surface area contributed by atoms with E-state index in [-0.39, 0.29) is 16.8 Å². The average molecular weight is 287 g/mol. The van der Waals surface area contributed by atoms with Crippen LogP contribution >= 0.6 is 0 Å². The fourth-order valence-electron chi connectivity index (χ4n) is 1.55. The van der Waals surface area contributed by atoms with Gasteiger partial charge < -0.3 is 4.55 Å². The van der Waals surface area contributed by atoms with Crippen LogP contribution in [0.1, 0.15) is 40.0 Å². The molecule has 5 heteroatoms. The molecule has 0 bridgehead atoms. The Morgan fingerprint density at radius 2 is 1.26 bits per heavy atom. The second-order valence-electron chi connectivity index (χ2n) is 4.36. The van der Waals surface area contributed by atoms with Gasteiger partial charge in [0.2, 0.25) is 0 Å². The molecule has 110 valence electrons. The number of quaternary nitrogens is 1. The van der Waals surface area contributed by atoms with Crippen molar-refractivity contribution < 1.29 is 17.5 Å². The van der Waals surface area contributed by atoms with Gasteiger partial charge in [0.15, 0.2) is 0 Å². The zero-order valence-electron chi connectivity index (χ0n) is 12.1. The minimum atomic E-state index is -4.20. The Morgan fingerprint density at radius 3 is 1.53 bits per heavy atom. The molecule has 0 atom stereocenters. The molecular formula is C14H25NO3S. The first-order chi connectivity index (χ1) is 8.89. The van der Waals surface area contributed by atoms with Crippen molar-refractivity contribution in [2.75, 3.05) is 12.3 Å². The second kappa shape index (κ2) is 9.07. The van der Waals surface area contributed by atoms with E-state index in [9.17, 15) is 13.0 Å². The number of nitrogens with zero attached hydrogens (tertiary/aromatic N) is 1. The lowest BCUT2D eigenvalue weighted by molar-refractivity contribution is -0.770. The molecule has 0 aromatic carbocycles. The van der Waals surface area contributed by atoms with Crippen molar-refractivity contribution in [2.24, 2.45) is 0 Å². The van der Waals surface area contributed by atoms with Gasteiger partial charge in [-0.1, -0.05) is 20.8 Å². The van der Waals surface area contributed by atoms with Gasteiger partial charge in [0, 0.05) is 0 Å². The minimum Gasteiger partial charge on any atom is -0.748 e. The van der Waals surface area contributed by atoms with Crippen LogP contribution in [0, 0.1) is 0 Å². The third-order valence-electron chi connectivity index (χ3n) is 2.58. The highest BCUT2D eigenvalue weighted by Gasteiger charge is 2.19. The molecule has 19 heavy (non-hydrogen) atoms. The molecule has 0 saturated carbocycles. The fourth-order valence-corrected chi connectivity index (χ4v) is 2.09. The molecule has 0 unspecified atom stereocenters. The van der Waals surface area contributed by atoms with Gasteiger partial charge >= 0.3 is 0 Å². The summed E-state index contributed by atoms with van der Waals surface area (Å²) >= 11 is 0. The Bertz CT molecular complexity index is 386. The minimum absolute atomic E-state index is 0.231. The first-order valence-electron chi connectivity index (χ1n) is 6.73. The maximum atomic E-state index is 10.9. The molecule has 0 rings (SSSR count). The van der Waals surface area contributed by atoms with E-state index in [0.29, 0.717) is 0 Å². The average Bonchev–Trinajstić information content (AvgIpc) is 2.36. The highest BCUT2D eigenvalue weighted by atomic mass is 32.2. The van der Waals surface area contributed by atoms with Crippen LogP contribution in [0.5, 0.6) is 0 Å².